The van der Waals surface area contributed by atoms with Crippen LogP contribution >= 0.6 is 15.9 Å². The van der Waals surface area contributed by atoms with Gasteiger partial charge < -0.3 is 9.47 Å². The molecule has 0 aliphatic carbocycles. The molecule has 0 spiro atoms. The minimum atomic E-state index is 0.0628. The van der Waals surface area contributed by atoms with Gasteiger partial charge in [-0.3, -0.25) is 4.79 Å². The van der Waals surface area contributed by atoms with Crippen molar-refractivity contribution in [2.45, 2.75) is 13.3 Å². The number of halogens is 1. The van der Waals surface area contributed by atoms with E-state index >= 15 is 0 Å². The highest BCUT2D eigenvalue weighted by molar-refractivity contribution is 9.10. The molecule has 0 saturated heterocycles. The third kappa shape index (κ3) is 3.23. The van der Waals surface area contributed by atoms with Crippen LogP contribution < -0.4 is 9.47 Å². The van der Waals surface area contributed by atoms with Crippen LogP contribution in [0, 0.1) is 0 Å². The summed E-state index contributed by atoms with van der Waals surface area (Å²) >= 11 is 3.34. The molecule has 1 aromatic carbocycles. The van der Waals surface area contributed by atoms with Gasteiger partial charge in [-0.05, 0) is 28.1 Å². The van der Waals surface area contributed by atoms with Gasteiger partial charge in [0.1, 0.15) is 6.61 Å². The average Bonchev–Trinajstić information content (AvgIpc) is 2.26. The van der Waals surface area contributed by atoms with Gasteiger partial charge in [0.2, 0.25) is 0 Å². The standard InChI is InChI=1S/C11H13BrO3/c1-3-8(13)7-15-11-9(12)5-4-6-10(11)14-2/h4-6H,3,7H2,1-2H3. The van der Waals surface area contributed by atoms with Crippen LogP contribution in [0.1, 0.15) is 13.3 Å². The minimum absolute atomic E-state index is 0.0628. The summed E-state index contributed by atoms with van der Waals surface area (Å²) < 4.78 is 11.3. The van der Waals surface area contributed by atoms with Crippen LogP contribution in [0.5, 0.6) is 11.5 Å². The number of benzene rings is 1. The van der Waals surface area contributed by atoms with E-state index in [9.17, 15) is 4.79 Å². The Balaban J connectivity index is 2.78. The smallest absolute Gasteiger partial charge is 0.175 e. The lowest BCUT2D eigenvalue weighted by Gasteiger charge is -2.11. The van der Waals surface area contributed by atoms with E-state index in [1.807, 2.05) is 19.1 Å². The molecule has 0 aliphatic heterocycles. The van der Waals surface area contributed by atoms with Crippen molar-refractivity contribution >= 4 is 21.7 Å². The second-order valence-corrected chi connectivity index (χ2v) is 3.81. The second-order valence-electron chi connectivity index (χ2n) is 2.95. The highest BCUT2D eigenvalue weighted by atomic mass is 79.9. The Labute approximate surface area is 97.5 Å². The molecule has 0 saturated carbocycles. The van der Waals surface area contributed by atoms with E-state index in [0.717, 1.165) is 4.47 Å². The Morgan fingerprint density at radius 2 is 2.20 bits per heavy atom. The Bertz CT molecular complexity index is 350. The number of hydrogen-bond acceptors (Lipinski definition) is 3. The van der Waals surface area contributed by atoms with Gasteiger partial charge in [-0.2, -0.15) is 0 Å². The summed E-state index contributed by atoms with van der Waals surface area (Å²) in [5, 5.41) is 0. The number of hydrogen-bond donors (Lipinski definition) is 0. The summed E-state index contributed by atoms with van der Waals surface area (Å²) in [5.74, 6) is 1.25. The molecule has 1 rings (SSSR count). The molecule has 0 bridgehead atoms. The molecular formula is C11H13BrO3. The molecule has 1 aromatic rings. The molecule has 0 fully saturated rings. The van der Waals surface area contributed by atoms with E-state index in [4.69, 9.17) is 9.47 Å². The maximum atomic E-state index is 11.1. The predicted molar refractivity (Wildman–Crippen MR) is 61.5 cm³/mol. The van der Waals surface area contributed by atoms with Crippen LogP contribution in [0.3, 0.4) is 0 Å². The fraction of sp³-hybridized carbons (Fsp3) is 0.364. The van der Waals surface area contributed by atoms with E-state index in [1.54, 1.807) is 13.2 Å². The summed E-state index contributed by atoms with van der Waals surface area (Å²) in [6, 6.07) is 5.47. The maximum Gasteiger partial charge on any atom is 0.175 e. The number of ether oxygens (including phenoxy) is 2. The number of Topliss-reactive ketones (excluding diaryl/α,β-unsaturated/α-hetero) is 1. The van der Waals surface area contributed by atoms with Gasteiger partial charge in [-0.1, -0.05) is 13.0 Å². The van der Waals surface area contributed by atoms with Gasteiger partial charge in [0.15, 0.2) is 17.3 Å². The SMILES string of the molecule is CCC(=O)COc1c(Br)cccc1OC. The molecule has 0 atom stereocenters. The van der Waals surface area contributed by atoms with Crippen molar-refractivity contribution in [3.63, 3.8) is 0 Å². The third-order valence-corrected chi connectivity index (χ3v) is 2.55. The van der Waals surface area contributed by atoms with Gasteiger partial charge in [-0.15, -0.1) is 0 Å². The summed E-state index contributed by atoms with van der Waals surface area (Å²) in [6.07, 6.45) is 0.479. The zero-order valence-electron chi connectivity index (χ0n) is 8.75. The van der Waals surface area contributed by atoms with E-state index in [-0.39, 0.29) is 12.4 Å². The number of carbonyl (C=O) groups is 1. The lowest BCUT2D eigenvalue weighted by atomic mass is 10.3. The molecule has 3 nitrogen and oxygen atoms in total. The highest BCUT2D eigenvalue weighted by Gasteiger charge is 2.09. The van der Waals surface area contributed by atoms with Crippen molar-refractivity contribution in [1.29, 1.82) is 0 Å². The summed E-state index contributed by atoms with van der Waals surface area (Å²) in [5.41, 5.74) is 0. The first-order chi connectivity index (χ1) is 7.19. The molecule has 82 valence electrons. The Morgan fingerprint density at radius 1 is 1.47 bits per heavy atom. The van der Waals surface area contributed by atoms with E-state index in [0.29, 0.717) is 17.9 Å². The molecule has 0 radical (unpaired) electrons. The highest BCUT2D eigenvalue weighted by Crippen LogP contribution is 2.34. The van der Waals surface area contributed by atoms with Gasteiger partial charge in [0.05, 0.1) is 11.6 Å². The molecule has 4 heteroatoms. The monoisotopic (exact) mass is 272 g/mol. The number of methoxy groups -OCH3 is 1. The zero-order chi connectivity index (χ0) is 11.3. The van der Waals surface area contributed by atoms with Crippen LogP contribution in [0.2, 0.25) is 0 Å². The van der Waals surface area contributed by atoms with Crippen LogP contribution in [0.25, 0.3) is 0 Å². The summed E-state index contributed by atoms with van der Waals surface area (Å²) in [7, 11) is 1.57. The molecule has 0 unspecified atom stereocenters. The maximum absolute atomic E-state index is 11.1. The largest absolute Gasteiger partial charge is 0.493 e. The quantitative estimate of drug-likeness (QED) is 0.827. The summed E-state index contributed by atoms with van der Waals surface area (Å²) in [4.78, 5) is 11.1. The van der Waals surface area contributed by atoms with Crippen LogP contribution in [-0.2, 0) is 4.79 Å². The first-order valence-corrected chi connectivity index (χ1v) is 5.45. The van der Waals surface area contributed by atoms with Crippen molar-refractivity contribution in [3.8, 4) is 11.5 Å². The minimum Gasteiger partial charge on any atom is -0.493 e. The van der Waals surface area contributed by atoms with Crippen molar-refractivity contribution in [3.05, 3.63) is 22.7 Å². The van der Waals surface area contributed by atoms with Crippen LogP contribution in [-0.4, -0.2) is 19.5 Å². The number of ketones is 1. The fourth-order valence-electron chi connectivity index (χ4n) is 1.04. The Morgan fingerprint density at radius 3 is 2.80 bits per heavy atom. The van der Waals surface area contributed by atoms with E-state index in [2.05, 4.69) is 15.9 Å². The van der Waals surface area contributed by atoms with E-state index < -0.39 is 0 Å². The lowest BCUT2D eigenvalue weighted by molar-refractivity contribution is -0.120. The fourth-order valence-corrected chi connectivity index (χ4v) is 1.51. The van der Waals surface area contributed by atoms with Gasteiger partial charge in [-0.25, -0.2) is 0 Å². The molecule has 0 amide bonds. The molecule has 0 aliphatic rings. The third-order valence-electron chi connectivity index (χ3n) is 1.92. The number of rotatable bonds is 5. The topological polar surface area (TPSA) is 35.5 Å². The number of carbonyl (C=O) groups excluding carboxylic acids is 1. The number of para-hydroxylation sites is 1. The summed E-state index contributed by atoms with van der Waals surface area (Å²) in [6.45, 7) is 1.89. The van der Waals surface area contributed by atoms with Crippen molar-refractivity contribution in [2.24, 2.45) is 0 Å². The Kier molecular flexibility index (Phi) is 4.62. The van der Waals surface area contributed by atoms with Gasteiger partial charge in [0.25, 0.3) is 0 Å². The van der Waals surface area contributed by atoms with Crippen LogP contribution in [0.15, 0.2) is 22.7 Å². The molecule has 15 heavy (non-hydrogen) atoms. The molecule has 0 aromatic heterocycles. The first-order valence-electron chi connectivity index (χ1n) is 4.66. The van der Waals surface area contributed by atoms with Gasteiger partial charge >= 0.3 is 0 Å². The molecular weight excluding hydrogens is 260 g/mol. The first kappa shape index (κ1) is 12.0. The van der Waals surface area contributed by atoms with Crippen molar-refractivity contribution < 1.29 is 14.3 Å². The van der Waals surface area contributed by atoms with Crippen molar-refractivity contribution in [2.75, 3.05) is 13.7 Å². The van der Waals surface area contributed by atoms with Crippen molar-refractivity contribution in [1.82, 2.24) is 0 Å². The van der Waals surface area contributed by atoms with Gasteiger partial charge in [0, 0.05) is 6.42 Å². The molecule has 0 N–H and O–H groups in total. The average molecular weight is 273 g/mol. The van der Waals surface area contributed by atoms with E-state index in [1.165, 1.54) is 0 Å². The normalized spacial score (nSPS) is 9.80. The predicted octanol–water partition coefficient (Wildman–Crippen LogP) is 2.82. The molecule has 0 heterocycles. The lowest BCUT2D eigenvalue weighted by Crippen LogP contribution is -2.10. The second kappa shape index (κ2) is 5.75. The van der Waals surface area contributed by atoms with Crippen LogP contribution in [0.4, 0.5) is 0 Å². The Hall–Kier alpha value is -1.03. The zero-order valence-corrected chi connectivity index (χ0v) is 10.3.